The van der Waals surface area contributed by atoms with Crippen molar-refractivity contribution in [1.82, 2.24) is 15.1 Å². The number of rotatable bonds is 3. The first-order valence-electron chi connectivity index (χ1n) is 8.00. The molecule has 4 nitrogen and oxygen atoms in total. The van der Waals surface area contributed by atoms with E-state index in [0.717, 1.165) is 32.6 Å². The molecule has 2 atom stereocenters. The fraction of sp³-hybridized carbons (Fsp3) is 0.588. The van der Waals surface area contributed by atoms with Gasteiger partial charge in [-0.05, 0) is 32.0 Å². The fourth-order valence-electron chi connectivity index (χ4n) is 3.44. The molecule has 0 spiro atoms. The lowest BCUT2D eigenvalue weighted by molar-refractivity contribution is -0.136. The summed E-state index contributed by atoms with van der Waals surface area (Å²) in [5, 5.41) is 3.43. The van der Waals surface area contributed by atoms with E-state index in [1.807, 2.05) is 6.07 Å². The van der Waals surface area contributed by atoms with E-state index >= 15 is 0 Å². The fourth-order valence-corrected chi connectivity index (χ4v) is 3.44. The van der Waals surface area contributed by atoms with E-state index in [1.54, 1.807) is 0 Å². The van der Waals surface area contributed by atoms with Crippen LogP contribution in [0.5, 0.6) is 0 Å². The first-order valence-corrected chi connectivity index (χ1v) is 8.00. The monoisotopic (exact) mass is 287 g/mol. The molecule has 4 heteroatoms. The normalized spacial score (nSPS) is 27.0. The van der Waals surface area contributed by atoms with Crippen molar-refractivity contribution in [2.45, 2.75) is 31.3 Å². The molecule has 2 fully saturated rings. The summed E-state index contributed by atoms with van der Waals surface area (Å²) in [4.78, 5) is 17.1. The van der Waals surface area contributed by atoms with Crippen LogP contribution in [-0.4, -0.2) is 55.0 Å². The van der Waals surface area contributed by atoms with Crippen molar-refractivity contribution < 1.29 is 4.79 Å². The van der Waals surface area contributed by atoms with Crippen molar-refractivity contribution >= 4 is 5.91 Å². The van der Waals surface area contributed by atoms with E-state index < -0.39 is 0 Å². The lowest BCUT2D eigenvalue weighted by Gasteiger charge is -2.40. The second-order valence-corrected chi connectivity index (χ2v) is 6.27. The van der Waals surface area contributed by atoms with Crippen LogP contribution in [0.3, 0.4) is 0 Å². The summed E-state index contributed by atoms with van der Waals surface area (Å²) in [6.07, 6.45) is 2.98. The Kier molecular flexibility index (Phi) is 4.56. The minimum atomic E-state index is 0.193. The molecule has 0 aliphatic carbocycles. The second-order valence-electron chi connectivity index (χ2n) is 6.27. The highest BCUT2D eigenvalue weighted by atomic mass is 16.2. The number of carbonyl (C=O) groups is 1. The third kappa shape index (κ3) is 3.44. The molecule has 2 aliphatic heterocycles. The minimum Gasteiger partial charge on any atom is -0.333 e. The highest BCUT2D eigenvalue weighted by molar-refractivity contribution is 5.77. The molecule has 114 valence electrons. The average Bonchev–Trinajstić information content (AvgIpc) is 3.01. The number of carbonyl (C=O) groups excluding carboxylic acids is 1. The van der Waals surface area contributed by atoms with E-state index in [-0.39, 0.29) is 6.04 Å². The van der Waals surface area contributed by atoms with Crippen LogP contribution in [0.4, 0.5) is 0 Å². The van der Waals surface area contributed by atoms with Crippen LogP contribution in [0, 0.1) is 0 Å². The summed E-state index contributed by atoms with van der Waals surface area (Å²) in [6, 6.07) is 11.0. The molecule has 1 aromatic carbocycles. The maximum Gasteiger partial charge on any atom is 0.224 e. The van der Waals surface area contributed by atoms with Gasteiger partial charge in [0, 0.05) is 32.1 Å². The van der Waals surface area contributed by atoms with Gasteiger partial charge in [0.25, 0.3) is 0 Å². The molecule has 1 amide bonds. The Hall–Kier alpha value is -1.39. The third-order valence-electron chi connectivity index (χ3n) is 4.67. The molecule has 0 bridgehead atoms. The molecular weight excluding hydrogens is 262 g/mol. The number of nitrogens with one attached hydrogen (secondary N) is 1. The van der Waals surface area contributed by atoms with E-state index in [9.17, 15) is 4.79 Å². The van der Waals surface area contributed by atoms with Gasteiger partial charge in [-0.15, -0.1) is 0 Å². The second kappa shape index (κ2) is 6.58. The maximum atomic E-state index is 12.7. The number of piperazine rings is 1. The number of amides is 1. The van der Waals surface area contributed by atoms with Gasteiger partial charge in [0.05, 0.1) is 6.04 Å². The first-order chi connectivity index (χ1) is 10.2. The van der Waals surface area contributed by atoms with Gasteiger partial charge in [0.2, 0.25) is 5.91 Å². The Bertz CT molecular complexity index is 470. The molecule has 2 heterocycles. The lowest BCUT2D eigenvalue weighted by Crippen LogP contribution is -2.50. The Balaban J connectivity index is 1.72. The Labute approximate surface area is 127 Å². The molecule has 0 radical (unpaired) electrons. The number of likely N-dealkylation sites (N-methyl/N-ethyl adjacent to an activating group) is 1. The molecule has 2 unspecified atom stereocenters. The molecule has 1 N–H and O–H groups in total. The van der Waals surface area contributed by atoms with Gasteiger partial charge in [-0.2, -0.15) is 0 Å². The topological polar surface area (TPSA) is 35.6 Å². The molecule has 3 rings (SSSR count). The summed E-state index contributed by atoms with van der Waals surface area (Å²) >= 11 is 0. The van der Waals surface area contributed by atoms with Crippen LogP contribution >= 0.6 is 0 Å². The van der Waals surface area contributed by atoms with Crippen molar-refractivity contribution in [1.29, 1.82) is 0 Å². The van der Waals surface area contributed by atoms with Gasteiger partial charge >= 0.3 is 0 Å². The van der Waals surface area contributed by atoms with E-state index in [2.05, 4.69) is 46.4 Å². The zero-order valence-electron chi connectivity index (χ0n) is 12.8. The number of nitrogens with zero attached hydrogens (tertiary/aromatic N) is 2. The standard InChI is InChI=1S/C17H25N3O/c1-19-10-11-20(17(21)12-15-8-5-9-18-15)16(13-19)14-6-3-2-4-7-14/h2-4,6-7,15-16,18H,5,8-13H2,1H3. The van der Waals surface area contributed by atoms with Gasteiger partial charge in [-0.25, -0.2) is 0 Å². The summed E-state index contributed by atoms with van der Waals surface area (Å²) in [5.74, 6) is 0.302. The predicted molar refractivity (Wildman–Crippen MR) is 84.0 cm³/mol. The summed E-state index contributed by atoms with van der Waals surface area (Å²) in [6.45, 7) is 3.78. The predicted octanol–water partition coefficient (Wildman–Crippen LogP) is 1.64. The van der Waals surface area contributed by atoms with Gasteiger partial charge in [-0.3, -0.25) is 4.79 Å². The summed E-state index contributed by atoms with van der Waals surface area (Å²) in [7, 11) is 2.14. The quantitative estimate of drug-likeness (QED) is 0.918. The lowest BCUT2D eigenvalue weighted by atomic mass is 10.0. The van der Waals surface area contributed by atoms with Crippen LogP contribution in [0.1, 0.15) is 30.9 Å². The largest absolute Gasteiger partial charge is 0.333 e. The van der Waals surface area contributed by atoms with Crippen molar-refractivity contribution in [2.24, 2.45) is 0 Å². The van der Waals surface area contributed by atoms with Crippen LogP contribution in [-0.2, 0) is 4.79 Å². The molecule has 2 saturated heterocycles. The SMILES string of the molecule is CN1CCN(C(=O)CC2CCCN2)C(c2ccccc2)C1. The highest BCUT2D eigenvalue weighted by Gasteiger charge is 2.31. The van der Waals surface area contributed by atoms with Crippen molar-refractivity contribution in [3.8, 4) is 0 Å². The van der Waals surface area contributed by atoms with Crippen LogP contribution in [0.25, 0.3) is 0 Å². The minimum absolute atomic E-state index is 0.193. The third-order valence-corrected chi connectivity index (χ3v) is 4.67. The Morgan fingerprint density at radius 3 is 2.81 bits per heavy atom. The summed E-state index contributed by atoms with van der Waals surface area (Å²) < 4.78 is 0. The molecule has 21 heavy (non-hydrogen) atoms. The Morgan fingerprint density at radius 2 is 2.10 bits per heavy atom. The zero-order chi connectivity index (χ0) is 14.7. The van der Waals surface area contributed by atoms with Gasteiger partial charge in [0.15, 0.2) is 0 Å². The molecule has 2 aliphatic rings. The van der Waals surface area contributed by atoms with E-state index in [1.165, 1.54) is 12.0 Å². The molecule has 1 aromatic rings. The number of hydrogen-bond acceptors (Lipinski definition) is 3. The average molecular weight is 287 g/mol. The van der Waals surface area contributed by atoms with Crippen molar-refractivity contribution in [3.05, 3.63) is 35.9 Å². The Morgan fingerprint density at radius 1 is 1.29 bits per heavy atom. The van der Waals surface area contributed by atoms with Crippen LogP contribution < -0.4 is 5.32 Å². The summed E-state index contributed by atoms with van der Waals surface area (Å²) in [5.41, 5.74) is 1.25. The van der Waals surface area contributed by atoms with Crippen LogP contribution in [0.2, 0.25) is 0 Å². The van der Waals surface area contributed by atoms with Gasteiger partial charge in [-0.1, -0.05) is 30.3 Å². The zero-order valence-corrected chi connectivity index (χ0v) is 12.8. The molecule has 0 aromatic heterocycles. The van der Waals surface area contributed by atoms with Gasteiger partial charge < -0.3 is 15.1 Å². The van der Waals surface area contributed by atoms with E-state index in [4.69, 9.17) is 0 Å². The first kappa shape index (κ1) is 14.5. The molecular formula is C17H25N3O. The highest BCUT2D eigenvalue weighted by Crippen LogP contribution is 2.26. The van der Waals surface area contributed by atoms with Gasteiger partial charge in [0.1, 0.15) is 0 Å². The van der Waals surface area contributed by atoms with E-state index in [0.29, 0.717) is 18.4 Å². The van der Waals surface area contributed by atoms with Crippen molar-refractivity contribution in [2.75, 3.05) is 33.2 Å². The number of hydrogen-bond donors (Lipinski definition) is 1. The van der Waals surface area contributed by atoms with Crippen LogP contribution in [0.15, 0.2) is 30.3 Å². The maximum absolute atomic E-state index is 12.7. The smallest absolute Gasteiger partial charge is 0.224 e. The molecule has 0 saturated carbocycles. The van der Waals surface area contributed by atoms with Crippen molar-refractivity contribution in [3.63, 3.8) is 0 Å². The number of benzene rings is 1.